The van der Waals surface area contributed by atoms with Crippen LogP contribution in [0.2, 0.25) is 0 Å². The molecule has 1 heterocycles. The third-order valence-electron chi connectivity index (χ3n) is 2.01. The van der Waals surface area contributed by atoms with E-state index >= 15 is 0 Å². The lowest BCUT2D eigenvalue weighted by molar-refractivity contribution is 1.04. The van der Waals surface area contributed by atoms with E-state index in [-0.39, 0.29) is 0 Å². The molecule has 1 aromatic rings. The zero-order valence-corrected chi connectivity index (χ0v) is 8.90. The molecule has 1 heteroatoms. The summed E-state index contributed by atoms with van der Waals surface area (Å²) in [7, 11) is 0. The van der Waals surface area contributed by atoms with Crippen LogP contribution in [0, 0.1) is 0 Å². The van der Waals surface area contributed by atoms with Gasteiger partial charge in [0.2, 0.25) is 0 Å². The predicted octanol–water partition coefficient (Wildman–Crippen LogP) is 3.84. The Morgan fingerprint density at radius 1 is 1.07 bits per heavy atom. The Hall–Kier alpha value is -1.37. The second kappa shape index (κ2) is 6.14. The largest absolute Gasteiger partial charge is 0.265 e. The van der Waals surface area contributed by atoms with Crippen LogP contribution in [-0.2, 0) is 0 Å². The molecule has 14 heavy (non-hydrogen) atoms. The van der Waals surface area contributed by atoms with E-state index in [4.69, 9.17) is 0 Å². The molecular formula is C13H17N. The molecule has 0 radical (unpaired) electrons. The summed E-state index contributed by atoms with van der Waals surface area (Å²) in [5.41, 5.74) is 2.59. The normalized spacial score (nSPS) is 14.0. The van der Waals surface area contributed by atoms with E-state index in [9.17, 15) is 0 Å². The Kier molecular flexibility index (Phi) is 4.70. The molecule has 0 unspecified atom stereocenters. The summed E-state index contributed by atoms with van der Waals surface area (Å²) in [6, 6.07) is 4.09. The molecule has 0 amide bonds. The van der Waals surface area contributed by atoms with Gasteiger partial charge in [-0.2, -0.15) is 0 Å². The SMILES string of the molecule is C1=CC(c2ccncc2)=CCC1.CC. The molecule has 1 aromatic heterocycles. The van der Waals surface area contributed by atoms with E-state index < -0.39 is 0 Å². The molecule has 0 fully saturated rings. The summed E-state index contributed by atoms with van der Waals surface area (Å²) < 4.78 is 0. The molecule has 0 aliphatic heterocycles. The first kappa shape index (κ1) is 10.7. The van der Waals surface area contributed by atoms with Gasteiger partial charge in [0, 0.05) is 12.4 Å². The van der Waals surface area contributed by atoms with Gasteiger partial charge in [-0.1, -0.05) is 32.1 Å². The predicted molar refractivity (Wildman–Crippen MR) is 61.9 cm³/mol. The smallest absolute Gasteiger partial charge is 0.0273 e. The molecule has 0 saturated heterocycles. The lowest BCUT2D eigenvalue weighted by Crippen LogP contribution is -1.85. The number of pyridine rings is 1. The Balaban J connectivity index is 0.000000461. The molecule has 74 valence electrons. The van der Waals surface area contributed by atoms with Crippen LogP contribution in [0.5, 0.6) is 0 Å². The molecule has 0 N–H and O–H groups in total. The van der Waals surface area contributed by atoms with E-state index in [1.165, 1.54) is 17.6 Å². The van der Waals surface area contributed by atoms with Gasteiger partial charge in [0.15, 0.2) is 0 Å². The summed E-state index contributed by atoms with van der Waals surface area (Å²) >= 11 is 0. The summed E-state index contributed by atoms with van der Waals surface area (Å²) in [6.07, 6.45) is 12.7. The molecule has 2 rings (SSSR count). The fraction of sp³-hybridized carbons (Fsp3) is 0.308. The number of aromatic nitrogens is 1. The van der Waals surface area contributed by atoms with Gasteiger partial charge >= 0.3 is 0 Å². The van der Waals surface area contributed by atoms with Crippen molar-refractivity contribution in [3.05, 3.63) is 48.3 Å². The van der Waals surface area contributed by atoms with Crippen LogP contribution in [0.4, 0.5) is 0 Å². The maximum Gasteiger partial charge on any atom is 0.0273 e. The first-order valence-electron chi connectivity index (χ1n) is 5.24. The minimum atomic E-state index is 1.16. The Labute approximate surface area is 86.2 Å². The highest BCUT2D eigenvalue weighted by Gasteiger charge is 1.98. The van der Waals surface area contributed by atoms with E-state index in [1.54, 1.807) is 0 Å². The molecule has 0 bridgehead atoms. The van der Waals surface area contributed by atoms with Crippen molar-refractivity contribution < 1.29 is 0 Å². The maximum absolute atomic E-state index is 3.99. The van der Waals surface area contributed by atoms with Crippen molar-refractivity contribution in [3.63, 3.8) is 0 Å². The molecule has 1 aliphatic rings. The van der Waals surface area contributed by atoms with Crippen molar-refractivity contribution in [1.82, 2.24) is 4.98 Å². The molecule has 0 atom stereocenters. The van der Waals surface area contributed by atoms with Crippen molar-refractivity contribution in [2.45, 2.75) is 26.7 Å². The topological polar surface area (TPSA) is 12.9 Å². The van der Waals surface area contributed by atoms with E-state index in [2.05, 4.69) is 23.2 Å². The lowest BCUT2D eigenvalue weighted by Gasteiger charge is -2.05. The van der Waals surface area contributed by atoms with Gasteiger partial charge in [0.05, 0.1) is 0 Å². The average Bonchev–Trinajstić information content (AvgIpc) is 2.34. The van der Waals surface area contributed by atoms with E-state index in [1.807, 2.05) is 38.4 Å². The summed E-state index contributed by atoms with van der Waals surface area (Å²) in [6.45, 7) is 4.00. The zero-order chi connectivity index (χ0) is 10.2. The molecule has 0 aromatic carbocycles. The molecule has 0 saturated carbocycles. The van der Waals surface area contributed by atoms with Crippen molar-refractivity contribution in [2.24, 2.45) is 0 Å². The Bertz CT molecular complexity index is 309. The average molecular weight is 187 g/mol. The molecule has 1 aliphatic carbocycles. The van der Waals surface area contributed by atoms with Crippen LogP contribution in [0.1, 0.15) is 32.3 Å². The first-order chi connectivity index (χ1) is 6.97. The number of hydrogen-bond acceptors (Lipinski definition) is 1. The lowest BCUT2D eigenvalue weighted by atomic mass is 10.0. The molecular weight excluding hydrogens is 170 g/mol. The van der Waals surface area contributed by atoms with Crippen molar-refractivity contribution >= 4 is 5.57 Å². The highest BCUT2D eigenvalue weighted by Crippen LogP contribution is 2.19. The second-order valence-corrected chi connectivity index (χ2v) is 2.88. The number of hydrogen-bond donors (Lipinski definition) is 0. The van der Waals surface area contributed by atoms with E-state index in [0.29, 0.717) is 0 Å². The quantitative estimate of drug-likeness (QED) is 0.651. The summed E-state index contributed by atoms with van der Waals surface area (Å²) in [4.78, 5) is 3.99. The van der Waals surface area contributed by atoms with Gasteiger partial charge in [-0.15, -0.1) is 0 Å². The fourth-order valence-electron chi connectivity index (χ4n) is 1.37. The van der Waals surface area contributed by atoms with Crippen LogP contribution >= 0.6 is 0 Å². The van der Waals surface area contributed by atoms with Gasteiger partial charge in [-0.25, -0.2) is 0 Å². The number of allylic oxidation sites excluding steroid dienone is 4. The van der Waals surface area contributed by atoms with Crippen molar-refractivity contribution in [1.29, 1.82) is 0 Å². The molecule has 1 nitrogen and oxygen atoms in total. The van der Waals surface area contributed by atoms with Crippen LogP contribution in [-0.4, -0.2) is 4.98 Å². The Morgan fingerprint density at radius 2 is 1.79 bits per heavy atom. The zero-order valence-electron chi connectivity index (χ0n) is 8.90. The fourth-order valence-corrected chi connectivity index (χ4v) is 1.37. The van der Waals surface area contributed by atoms with E-state index in [0.717, 1.165) is 6.42 Å². The minimum absolute atomic E-state index is 1.16. The third kappa shape index (κ3) is 2.84. The highest BCUT2D eigenvalue weighted by atomic mass is 14.6. The highest BCUT2D eigenvalue weighted by molar-refractivity contribution is 5.74. The standard InChI is InChI=1S/C11H11N.C2H6/c1-2-4-10(5-3-1)11-6-8-12-9-7-11;1-2/h2,4-9H,1,3H2;1-2H3. The van der Waals surface area contributed by atoms with Crippen LogP contribution in [0.3, 0.4) is 0 Å². The van der Waals surface area contributed by atoms with Gasteiger partial charge in [0.1, 0.15) is 0 Å². The second-order valence-electron chi connectivity index (χ2n) is 2.88. The van der Waals surface area contributed by atoms with Gasteiger partial charge in [0.25, 0.3) is 0 Å². The van der Waals surface area contributed by atoms with Crippen LogP contribution < -0.4 is 0 Å². The van der Waals surface area contributed by atoms with Gasteiger partial charge in [-0.3, -0.25) is 4.98 Å². The monoisotopic (exact) mass is 187 g/mol. The molecule has 0 spiro atoms. The first-order valence-corrected chi connectivity index (χ1v) is 5.24. The summed E-state index contributed by atoms with van der Waals surface area (Å²) in [5, 5.41) is 0. The third-order valence-corrected chi connectivity index (χ3v) is 2.01. The number of rotatable bonds is 1. The summed E-state index contributed by atoms with van der Waals surface area (Å²) in [5.74, 6) is 0. The van der Waals surface area contributed by atoms with Gasteiger partial charge < -0.3 is 0 Å². The Morgan fingerprint density at radius 3 is 2.36 bits per heavy atom. The minimum Gasteiger partial charge on any atom is -0.265 e. The van der Waals surface area contributed by atoms with Crippen molar-refractivity contribution in [2.75, 3.05) is 0 Å². The van der Waals surface area contributed by atoms with Crippen LogP contribution in [0.25, 0.3) is 5.57 Å². The maximum atomic E-state index is 3.99. The van der Waals surface area contributed by atoms with Crippen LogP contribution in [0.15, 0.2) is 42.8 Å². The van der Waals surface area contributed by atoms with Gasteiger partial charge in [-0.05, 0) is 36.1 Å². The number of nitrogens with zero attached hydrogens (tertiary/aromatic N) is 1. The van der Waals surface area contributed by atoms with Crippen molar-refractivity contribution in [3.8, 4) is 0 Å².